The van der Waals surface area contributed by atoms with Crippen molar-refractivity contribution in [2.24, 2.45) is 0 Å². The van der Waals surface area contributed by atoms with Gasteiger partial charge >= 0.3 is 0 Å². The summed E-state index contributed by atoms with van der Waals surface area (Å²) in [6, 6.07) is 3.04. The van der Waals surface area contributed by atoms with Crippen LogP contribution in [0.3, 0.4) is 0 Å². The molecule has 1 aliphatic heterocycles. The molecule has 1 aromatic rings. The number of hydrogen-bond donors (Lipinski definition) is 1. The third kappa shape index (κ3) is 3.35. The van der Waals surface area contributed by atoms with Gasteiger partial charge in [0.1, 0.15) is 0 Å². The van der Waals surface area contributed by atoms with E-state index in [0.717, 1.165) is 19.1 Å². The van der Waals surface area contributed by atoms with Crippen molar-refractivity contribution < 1.29 is 4.74 Å². The van der Waals surface area contributed by atoms with E-state index in [9.17, 15) is 0 Å². The molecule has 3 aliphatic rings. The van der Waals surface area contributed by atoms with Crippen LogP contribution in [0.5, 0.6) is 0 Å². The highest BCUT2D eigenvalue weighted by atomic mass is 16.5. The summed E-state index contributed by atoms with van der Waals surface area (Å²) < 4.78 is 8.80. The van der Waals surface area contributed by atoms with Gasteiger partial charge in [0.2, 0.25) is 0 Å². The molecule has 0 aromatic carbocycles. The fraction of sp³-hybridized carbons (Fsp3) is 0.778. The van der Waals surface area contributed by atoms with Crippen molar-refractivity contribution >= 4 is 0 Å². The Labute approximate surface area is 128 Å². The molecule has 3 heteroatoms. The van der Waals surface area contributed by atoms with Gasteiger partial charge in [0, 0.05) is 31.5 Å². The minimum absolute atomic E-state index is 0.256. The zero-order chi connectivity index (χ0) is 14.1. The molecule has 1 N–H and O–H groups in total. The summed E-state index contributed by atoms with van der Waals surface area (Å²) >= 11 is 0. The van der Waals surface area contributed by atoms with Gasteiger partial charge in [-0.05, 0) is 50.2 Å². The largest absolute Gasteiger partial charge is 0.370 e. The molecule has 2 saturated carbocycles. The number of nitrogens with zero attached hydrogens (tertiary/aromatic N) is 1. The van der Waals surface area contributed by atoms with Crippen LogP contribution in [0.15, 0.2) is 18.5 Å². The molecule has 21 heavy (non-hydrogen) atoms. The van der Waals surface area contributed by atoms with Gasteiger partial charge in [-0.15, -0.1) is 0 Å². The Bertz CT molecular complexity index is 471. The van der Waals surface area contributed by atoms with E-state index in [0.29, 0.717) is 6.10 Å². The summed E-state index contributed by atoms with van der Waals surface area (Å²) in [5.41, 5.74) is 1.67. The van der Waals surface area contributed by atoms with Crippen LogP contribution in [0.4, 0.5) is 0 Å². The Morgan fingerprint density at radius 1 is 1.14 bits per heavy atom. The number of aromatic nitrogens is 1. The van der Waals surface area contributed by atoms with E-state index in [4.69, 9.17) is 4.74 Å². The van der Waals surface area contributed by atoms with Crippen LogP contribution in [0.25, 0.3) is 0 Å². The maximum Gasteiger partial charge on any atom is 0.0762 e. The summed E-state index contributed by atoms with van der Waals surface area (Å²) in [6.45, 7) is 2.05. The molecule has 1 spiro atoms. The van der Waals surface area contributed by atoms with Crippen molar-refractivity contribution in [3.8, 4) is 0 Å². The highest BCUT2D eigenvalue weighted by Crippen LogP contribution is 2.42. The lowest BCUT2D eigenvalue weighted by Gasteiger charge is -2.33. The van der Waals surface area contributed by atoms with E-state index in [-0.39, 0.29) is 5.60 Å². The van der Waals surface area contributed by atoms with E-state index in [1.54, 1.807) is 0 Å². The Balaban J connectivity index is 1.29. The molecule has 3 nitrogen and oxygen atoms in total. The van der Waals surface area contributed by atoms with Crippen molar-refractivity contribution in [1.29, 1.82) is 0 Å². The van der Waals surface area contributed by atoms with Gasteiger partial charge in [0.25, 0.3) is 0 Å². The molecule has 1 atom stereocenters. The summed E-state index contributed by atoms with van der Waals surface area (Å²) in [5, 5.41) is 3.58. The van der Waals surface area contributed by atoms with Crippen LogP contribution >= 0.6 is 0 Å². The zero-order valence-electron chi connectivity index (χ0n) is 13.0. The van der Waals surface area contributed by atoms with Crippen LogP contribution in [0, 0.1) is 0 Å². The van der Waals surface area contributed by atoms with Crippen LogP contribution in [-0.4, -0.2) is 22.3 Å². The maximum atomic E-state index is 6.47. The van der Waals surface area contributed by atoms with Crippen molar-refractivity contribution in [3.63, 3.8) is 0 Å². The van der Waals surface area contributed by atoms with Crippen LogP contribution in [-0.2, 0) is 17.8 Å². The fourth-order valence-corrected chi connectivity index (χ4v) is 4.08. The molecule has 2 aliphatic carbocycles. The standard InChI is InChI=1S/C18H28N2O/c1-2-8-18(9-3-1)10-6-17(21-18)14-20-11-7-15(13-20)12-19-16-4-5-16/h7,11,13,16-17,19H,1-6,8-10,12,14H2. The monoisotopic (exact) mass is 288 g/mol. The minimum atomic E-state index is 0.256. The van der Waals surface area contributed by atoms with Crippen LogP contribution in [0.2, 0.25) is 0 Å². The normalized spacial score (nSPS) is 28.3. The third-order valence-corrected chi connectivity index (χ3v) is 5.50. The second kappa shape index (κ2) is 5.77. The quantitative estimate of drug-likeness (QED) is 0.895. The lowest BCUT2D eigenvalue weighted by Crippen LogP contribution is -2.32. The van der Waals surface area contributed by atoms with Crippen molar-refractivity contribution in [1.82, 2.24) is 9.88 Å². The van der Waals surface area contributed by atoms with Gasteiger partial charge < -0.3 is 14.6 Å². The predicted molar refractivity (Wildman–Crippen MR) is 84.2 cm³/mol. The van der Waals surface area contributed by atoms with Gasteiger partial charge in [-0.25, -0.2) is 0 Å². The molecule has 1 aromatic heterocycles. The molecule has 3 fully saturated rings. The summed E-state index contributed by atoms with van der Waals surface area (Å²) in [5.74, 6) is 0. The predicted octanol–water partition coefficient (Wildman–Crippen LogP) is 3.62. The van der Waals surface area contributed by atoms with Crippen molar-refractivity contribution in [2.45, 2.75) is 88.6 Å². The smallest absolute Gasteiger partial charge is 0.0762 e. The van der Waals surface area contributed by atoms with E-state index < -0.39 is 0 Å². The second-order valence-corrected chi connectivity index (χ2v) is 7.39. The molecule has 1 saturated heterocycles. The Kier molecular flexibility index (Phi) is 3.80. The van der Waals surface area contributed by atoms with Gasteiger partial charge in [-0.1, -0.05) is 19.3 Å². The SMILES string of the molecule is c1cn(CC2CCC3(CCCCC3)O2)cc1CNC1CC1. The summed E-state index contributed by atoms with van der Waals surface area (Å²) in [6.07, 6.45) is 16.9. The average Bonchev–Trinajstić information content (AvgIpc) is 3.11. The molecular weight excluding hydrogens is 260 g/mol. The van der Waals surface area contributed by atoms with Crippen LogP contribution < -0.4 is 5.32 Å². The molecule has 4 rings (SSSR count). The first-order chi connectivity index (χ1) is 10.3. The first kappa shape index (κ1) is 13.8. The van der Waals surface area contributed by atoms with Crippen molar-refractivity contribution in [2.75, 3.05) is 0 Å². The lowest BCUT2D eigenvalue weighted by molar-refractivity contribution is -0.0679. The van der Waals surface area contributed by atoms with E-state index in [1.165, 1.54) is 63.4 Å². The van der Waals surface area contributed by atoms with E-state index in [1.807, 2.05) is 0 Å². The Morgan fingerprint density at radius 3 is 2.81 bits per heavy atom. The number of rotatable bonds is 5. The first-order valence-electron chi connectivity index (χ1n) is 8.87. The maximum absolute atomic E-state index is 6.47. The molecule has 1 unspecified atom stereocenters. The average molecular weight is 288 g/mol. The van der Waals surface area contributed by atoms with Gasteiger partial charge in [-0.2, -0.15) is 0 Å². The molecule has 116 valence electrons. The van der Waals surface area contributed by atoms with Crippen LogP contribution in [0.1, 0.15) is 63.4 Å². The third-order valence-electron chi connectivity index (χ3n) is 5.50. The molecule has 0 bridgehead atoms. The van der Waals surface area contributed by atoms with Gasteiger partial charge in [-0.3, -0.25) is 0 Å². The van der Waals surface area contributed by atoms with Gasteiger partial charge in [0.15, 0.2) is 0 Å². The molecule has 0 radical (unpaired) electrons. The van der Waals surface area contributed by atoms with Gasteiger partial charge in [0.05, 0.1) is 11.7 Å². The number of hydrogen-bond acceptors (Lipinski definition) is 2. The molecule has 2 heterocycles. The topological polar surface area (TPSA) is 26.2 Å². The Morgan fingerprint density at radius 2 is 2.00 bits per heavy atom. The molecule has 0 amide bonds. The fourth-order valence-electron chi connectivity index (χ4n) is 4.08. The van der Waals surface area contributed by atoms with E-state index >= 15 is 0 Å². The highest BCUT2D eigenvalue weighted by Gasteiger charge is 2.40. The highest BCUT2D eigenvalue weighted by molar-refractivity contribution is 5.11. The zero-order valence-corrected chi connectivity index (χ0v) is 13.0. The minimum Gasteiger partial charge on any atom is -0.370 e. The lowest BCUT2D eigenvalue weighted by atomic mass is 9.83. The number of ether oxygens (including phenoxy) is 1. The first-order valence-corrected chi connectivity index (χ1v) is 8.87. The van der Waals surface area contributed by atoms with Crippen molar-refractivity contribution in [3.05, 3.63) is 24.0 Å². The summed E-state index contributed by atoms with van der Waals surface area (Å²) in [4.78, 5) is 0. The Hall–Kier alpha value is -0.800. The summed E-state index contributed by atoms with van der Waals surface area (Å²) in [7, 11) is 0. The second-order valence-electron chi connectivity index (χ2n) is 7.39. The van der Waals surface area contributed by atoms with E-state index in [2.05, 4.69) is 28.3 Å². The molecular formula is C18H28N2O. The number of nitrogens with one attached hydrogen (secondary N) is 1.